The molecule has 1 aromatic carbocycles. The Hall–Kier alpha value is -2.67. The smallest absolute Gasteiger partial charge is 0.194 e. The van der Waals surface area contributed by atoms with Crippen LogP contribution >= 0.6 is 11.3 Å². The van der Waals surface area contributed by atoms with Gasteiger partial charge in [0.15, 0.2) is 5.96 Å². The van der Waals surface area contributed by atoms with Gasteiger partial charge in [0.25, 0.3) is 0 Å². The summed E-state index contributed by atoms with van der Waals surface area (Å²) in [5.41, 5.74) is 2.16. The number of hydrogen-bond donors (Lipinski definition) is 2. The van der Waals surface area contributed by atoms with Crippen molar-refractivity contribution < 1.29 is 0 Å². The van der Waals surface area contributed by atoms with E-state index in [1.165, 1.54) is 4.88 Å². The molecule has 0 atom stereocenters. The van der Waals surface area contributed by atoms with E-state index in [1.807, 2.05) is 37.6 Å². The number of nitrogens with one attached hydrogen (secondary N) is 2. The molecular weight excluding hydrogens is 344 g/mol. The Balaban J connectivity index is 1.68. The van der Waals surface area contributed by atoms with Crippen molar-refractivity contribution in [1.29, 1.82) is 0 Å². The second-order valence-electron chi connectivity index (χ2n) is 6.00. The molecule has 0 unspecified atom stereocenters. The summed E-state index contributed by atoms with van der Waals surface area (Å²) in [6.45, 7) is 6.17. The minimum absolute atomic E-state index is 0.582. The van der Waals surface area contributed by atoms with Crippen LogP contribution < -0.4 is 5.32 Å². The van der Waals surface area contributed by atoms with Crippen molar-refractivity contribution in [3.05, 3.63) is 58.4 Å². The summed E-state index contributed by atoms with van der Waals surface area (Å²) >= 11 is 1.68. The summed E-state index contributed by atoms with van der Waals surface area (Å²) in [5, 5.41) is 4.35. The van der Waals surface area contributed by atoms with Crippen LogP contribution in [-0.4, -0.2) is 39.4 Å². The van der Waals surface area contributed by atoms with Gasteiger partial charge in [0.2, 0.25) is 0 Å². The highest BCUT2D eigenvalue weighted by atomic mass is 32.1. The number of aromatic amines is 1. The molecule has 0 spiro atoms. The van der Waals surface area contributed by atoms with Crippen molar-refractivity contribution in [1.82, 2.24) is 25.2 Å². The SMILES string of the molecule is CCNC(=NCc1ncc(C)s1)N(C)Cc1ncc(-c2ccccc2)[nH]1. The van der Waals surface area contributed by atoms with Gasteiger partial charge in [-0.3, -0.25) is 0 Å². The third-order valence-corrected chi connectivity index (χ3v) is 4.73. The number of hydrogen-bond acceptors (Lipinski definition) is 4. The monoisotopic (exact) mass is 368 g/mol. The first-order valence-electron chi connectivity index (χ1n) is 8.65. The number of thiazole rings is 1. The van der Waals surface area contributed by atoms with Crippen molar-refractivity contribution in [2.45, 2.75) is 26.9 Å². The Kier molecular flexibility index (Phi) is 6.01. The number of H-pyrrole nitrogens is 1. The van der Waals surface area contributed by atoms with E-state index in [9.17, 15) is 0 Å². The molecule has 3 aromatic rings. The normalized spacial score (nSPS) is 11.6. The van der Waals surface area contributed by atoms with Gasteiger partial charge in [-0.15, -0.1) is 11.3 Å². The van der Waals surface area contributed by atoms with Gasteiger partial charge in [0.1, 0.15) is 10.8 Å². The highest BCUT2D eigenvalue weighted by Gasteiger charge is 2.10. The molecule has 7 heteroatoms. The lowest BCUT2D eigenvalue weighted by atomic mass is 10.2. The van der Waals surface area contributed by atoms with Crippen molar-refractivity contribution in [2.24, 2.45) is 4.99 Å². The van der Waals surface area contributed by atoms with Gasteiger partial charge in [-0.25, -0.2) is 15.0 Å². The van der Waals surface area contributed by atoms with Crippen LogP contribution in [0.3, 0.4) is 0 Å². The highest BCUT2D eigenvalue weighted by molar-refractivity contribution is 7.11. The third-order valence-electron chi connectivity index (χ3n) is 3.83. The largest absolute Gasteiger partial charge is 0.357 e. The Bertz CT molecular complexity index is 852. The average molecular weight is 369 g/mol. The molecule has 26 heavy (non-hydrogen) atoms. The molecular formula is C19H24N6S. The van der Waals surface area contributed by atoms with Crippen LogP contribution in [-0.2, 0) is 13.1 Å². The molecule has 3 rings (SSSR count). The van der Waals surface area contributed by atoms with E-state index in [0.717, 1.165) is 34.6 Å². The summed E-state index contributed by atoms with van der Waals surface area (Å²) in [4.78, 5) is 20.2. The average Bonchev–Trinajstić information content (AvgIpc) is 3.28. The lowest BCUT2D eigenvalue weighted by Crippen LogP contribution is -2.38. The van der Waals surface area contributed by atoms with Crippen LogP contribution in [0.25, 0.3) is 11.3 Å². The summed E-state index contributed by atoms with van der Waals surface area (Å²) in [6, 6.07) is 10.2. The topological polar surface area (TPSA) is 69.2 Å². The molecule has 0 fully saturated rings. The summed E-state index contributed by atoms with van der Waals surface area (Å²) in [7, 11) is 2.01. The first kappa shape index (κ1) is 18.1. The fraction of sp³-hybridized carbons (Fsp3) is 0.316. The second-order valence-corrected chi connectivity index (χ2v) is 7.32. The molecule has 2 heterocycles. The predicted molar refractivity (Wildman–Crippen MR) is 107 cm³/mol. The van der Waals surface area contributed by atoms with E-state index in [2.05, 4.69) is 51.1 Å². The number of guanidine groups is 1. The fourth-order valence-electron chi connectivity index (χ4n) is 2.59. The van der Waals surface area contributed by atoms with Crippen molar-refractivity contribution in [2.75, 3.05) is 13.6 Å². The molecule has 2 N–H and O–H groups in total. The molecule has 0 amide bonds. The zero-order valence-corrected chi connectivity index (χ0v) is 16.2. The molecule has 0 aliphatic heterocycles. The van der Waals surface area contributed by atoms with Gasteiger partial charge in [-0.1, -0.05) is 30.3 Å². The molecule has 0 aliphatic rings. The predicted octanol–water partition coefficient (Wildman–Crippen LogP) is 3.44. The van der Waals surface area contributed by atoms with E-state index in [4.69, 9.17) is 4.99 Å². The highest BCUT2D eigenvalue weighted by Crippen LogP contribution is 2.16. The third kappa shape index (κ3) is 4.70. The summed E-state index contributed by atoms with van der Waals surface area (Å²) in [6.07, 6.45) is 3.76. The summed E-state index contributed by atoms with van der Waals surface area (Å²) in [5.74, 6) is 1.75. The zero-order chi connectivity index (χ0) is 18.4. The Morgan fingerprint density at radius 3 is 2.73 bits per heavy atom. The van der Waals surface area contributed by atoms with E-state index in [-0.39, 0.29) is 0 Å². The van der Waals surface area contributed by atoms with Crippen molar-refractivity contribution >= 4 is 17.3 Å². The fourth-order valence-corrected chi connectivity index (χ4v) is 3.31. The van der Waals surface area contributed by atoms with E-state index < -0.39 is 0 Å². The van der Waals surface area contributed by atoms with E-state index >= 15 is 0 Å². The molecule has 0 radical (unpaired) electrons. The van der Waals surface area contributed by atoms with Gasteiger partial charge in [-0.2, -0.15) is 0 Å². The zero-order valence-electron chi connectivity index (χ0n) is 15.4. The lowest BCUT2D eigenvalue weighted by molar-refractivity contribution is 0.464. The van der Waals surface area contributed by atoms with E-state index in [0.29, 0.717) is 13.1 Å². The number of aliphatic imine (C=N–C) groups is 1. The molecule has 2 aromatic heterocycles. The first-order chi connectivity index (χ1) is 12.7. The number of aryl methyl sites for hydroxylation is 1. The van der Waals surface area contributed by atoms with Gasteiger partial charge < -0.3 is 15.2 Å². The Morgan fingerprint density at radius 2 is 2.04 bits per heavy atom. The number of benzene rings is 1. The van der Waals surface area contributed by atoms with Crippen LogP contribution in [0.2, 0.25) is 0 Å². The van der Waals surface area contributed by atoms with Gasteiger partial charge in [0.05, 0.1) is 25.0 Å². The van der Waals surface area contributed by atoms with Gasteiger partial charge in [0, 0.05) is 24.7 Å². The maximum absolute atomic E-state index is 4.70. The quantitative estimate of drug-likeness (QED) is 0.517. The van der Waals surface area contributed by atoms with Gasteiger partial charge in [-0.05, 0) is 19.4 Å². The molecule has 0 bridgehead atoms. The maximum atomic E-state index is 4.70. The van der Waals surface area contributed by atoms with Crippen LogP contribution in [0, 0.1) is 6.92 Å². The van der Waals surface area contributed by atoms with Crippen LogP contribution in [0.5, 0.6) is 0 Å². The minimum Gasteiger partial charge on any atom is -0.357 e. The number of rotatable bonds is 6. The summed E-state index contributed by atoms with van der Waals surface area (Å²) < 4.78 is 0. The number of imidazole rings is 1. The first-order valence-corrected chi connectivity index (χ1v) is 9.47. The van der Waals surface area contributed by atoms with Crippen LogP contribution in [0.15, 0.2) is 47.7 Å². The minimum atomic E-state index is 0.582. The molecule has 136 valence electrons. The number of aromatic nitrogens is 3. The van der Waals surface area contributed by atoms with Crippen molar-refractivity contribution in [3.8, 4) is 11.3 Å². The molecule has 0 aliphatic carbocycles. The van der Waals surface area contributed by atoms with Gasteiger partial charge >= 0.3 is 0 Å². The van der Waals surface area contributed by atoms with Crippen LogP contribution in [0.1, 0.15) is 22.6 Å². The maximum Gasteiger partial charge on any atom is 0.194 e. The Labute approximate surface area is 158 Å². The lowest BCUT2D eigenvalue weighted by Gasteiger charge is -2.20. The number of nitrogens with zero attached hydrogens (tertiary/aromatic N) is 4. The standard InChI is InChI=1S/C19H24N6S/c1-4-20-19(23-12-18-22-10-14(2)26-18)25(3)13-17-21-11-16(24-17)15-8-6-5-7-9-15/h5-11H,4,12-13H2,1-3H3,(H,20,23)(H,21,24). The second kappa shape index (κ2) is 8.62. The van der Waals surface area contributed by atoms with Crippen molar-refractivity contribution in [3.63, 3.8) is 0 Å². The van der Waals surface area contributed by atoms with E-state index in [1.54, 1.807) is 11.3 Å². The Morgan fingerprint density at radius 1 is 1.23 bits per heavy atom. The van der Waals surface area contributed by atoms with Crippen LogP contribution in [0.4, 0.5) is 0 Å². The molecule has 0 saturated carbocycles. The molecule has 0 saturated heterocycles. The molecule has 6 nitrogen and oxygen atoms in total.